The molecular formula is C48H34N6. The Morgan fingerprint density at radius 1 is 0.407 bits per heavy atom. The second kappa shape index (κ2) is 13.3. The van der Waals surface area contributed by atoms with Gasteiger partial charge in [0.1, 0.15) is 6.17 Å². The molecule has 0 fully saturated rings. The van der Waals surface area contributed by atoms with Crippen molar-refractivity contribution in [2.75, 3.05) is 4.90 Å². The van der Waals surface area contributed by atoms with E-state index in [0.29, 0.717) is 0 Å². The Hall–Kier alpha value is -7.31. The van der Waals surface area contributed by atoms with E-state index in [1.54, 1.807) is 0 Å². The molecule has 0 amide bonds. The van der Waals surface area contributed by atoms with Crippen molar-refractivity contribution in [2.24, 2.45) is 5.10 Å². The maximum atomic E-state index is 4.93. The number of nitrogens with zero attached hydrogens (tertiary/aromatic N) is 5. The number of hydrogen-bond acceptors (Lipinski definition) is 5. The minimum Gasteiger partial charge on any atom is -0.298 e. The van der Waals surface area contributed by atoms with Crippen LogP contribution >= 0.6 is 0 Å². The van der Waals surface area contributed by atoms with Crippen LogP contribution in [0.3, 0.4) is 0 Å². The molecule has 0 bridgehead atoms. The average Bonchev–Trinajstić information content (AvgIpc) is 3.90. The number of nitrogens with one attached hydrogen (secondary N) is 1. The zero-order valence-corrected chi connectivity index (χ0v) is 29.3. The summed E-state index contributed by atoms with van der Waals surface area (Å²) < 4.78 is 2.16. The molecule has 0 radical (unpaired) electrons. The normalized spacial score (nSPS) is 14.0. The lowest BCUT2D eigenvalue weighted by molar-refractivity contribution is 0.621. The molecule has 0 saturated heterocycles. The Morgan fingerprint density at radius 2 is 0.926 bits per heavy atom. The Kier molecular flexibility index (Phi) is 7.77. The van der Waals surface area contributed by atoms with Crippen molar-refractivity contribution in [3.05, 3.63) is 205 Å². The number of anilines is 1. The van der Waals surface area contributed by atoms with E-state index in [-0.39, 0.29) is 6.17 Å². The van der Waals surface area contributed by atoms with Crippen LogP contribution in [0.15, 0.2) is 199 Å². The van der Waals surface area contributed by atoms with Crippen LogP contribution in [-0.4, -0.2) is 20.6 Å². The molecule has 9 aromatic rings. The Bertz CT molecular complexity index is 2780. The van der Waals surface area contributed by atoms with Gasteiger partial charge in [-0.3, -0.25) is 14.9 Å². The second-order valence-corrected chi connectivity index (χ2v) is 13.4. The van der Waals surface area contributed by atoms with Gasteiger partial charge in [0.05, 0.1) is 0 Å². The smallest absolute Gasteiger partial charge is 0.169 e. The van der Waals surface area contributed by atoms with Gasteiger partial charge < -0.3 is 0 Å². The molecule has 6 nitrogen and oxygen atoms in total. The molecule has 0 saturated carbocycles. The van der Waals surface area contributed by atoms with Crippen molar-refractivity contribution in [3.8, 4) is 39.6 Å². The number of hydrazone groups is 1. The third-order valence-electron chi connectivity index (χ3n) is 10.3. The average molecular weight is 695 g/mol. The highest BCUT2D eigenvalue weighted by atomic mass is 15.5. The third-order valence-corrected chi connectivity index (χ3v) is 10.3. The van der Waals surface area contributed by atoms with Crippen molar-refractivity contribution >= 4 is 33.1 Å². The number of aromatic nitrogens is 3. The van der Waals surface area contributed by atoms with Gasteiger partial charge in [0, 0.05) is 33.6 Å². The molecular weight excluding hydrogens is 661 g/mol. The monoisotopic (exact) mass is 694 g/mol. The number of rotatable bonds is 7. The van der Waals surface area contributed by atoms with E-state index >= 15 is 0 Å². The molecule has 1 N–H and O–H groups in total. The van der Waals surface area contributed by atoms with Gasteiger partial charge in [-0.25, -0.2) is 0 Å². The fraction of sp³-hybridized carbons (Fsp3) is 0.0208. The van der Waals surface area contributed by atoms with Crippen LogP contribution in [0.25, 0.3) is 61.1 Å². The van der Waals surface area contributed by atoms with Gasteiger partial charge in [0.25, 0.3) is 0 Å². The fourth-order valence-corrected chi connectivity index (χ4v) is 7.63. The summed E-state index contributed by atoms with van der Waals surface area (Å²) in [4.78, 5) is 2.29. The molecule has 0 aliphatic carbocycles. The van der Waals surface area contributed by atoms with Crippen LogP contribution < -0.4 is 10.3 Å². The first kappa shape index (κ1) is 31.4. The summed E-state index contributed by atoms with van der Waals surface area (Å²) in [6, 6.07) is 67.8. The summed E-state index contributed by atoms with van der Waals surface area (Å²) in [6.45, 7) is 0. The van der Waals surface area contributed by atoms with E-state index < -0.39 is 0 Å². The van der Waals surface area contributed by atoms with Crippen LogP contribution in [0.2, 0.25) is 0 Å². The van der Waals surface area contributed by atoms with Crippen LogP contribution in [0, 0.1) is 0 Å². The van der Waals surface area contributed by atoms with E-state index in [1.165, 1.54) is 21.7 Å². The largest absolute Gasteiger partial charge is 0.298 e. The van der Waals surface area contributed by atoms with Crippen LogP contribution in [0.5, 0.6) is 0 Å². The van der Waals surface area contributed by atoms with Crippen molar-refractivity contribution in [1.29, 1.82) is 0 Å². The van der Waals surface area contributed by atoms with Crippen molar-refractivity contribution in [1.82, 2.24) is 20.2 Å². The van der Waals surface area contributed by atoms with Crippen LogP contribution in [0.1, 0.15) is 17.3 Å². The maximum absolute atomic E-state index is 4.93. The lowest BCUT2D eigenvalue weighted by Crippen LogP contribution is -2.34. The molecule has 1 aromatic heterocycles. The highest BCUT2D eigenvalue weighted by Crippen LogP contribution is 2.36. The number of amidine groups is 1. The highest BCUT2D eigenvalue weighted by Gasteiger charge is 2.32. The Balaban J connectivity index is 0.973. The van der Waals surface area contributed by atoms with E-state index in [0.717, 1.165) is 62.1 Å². The first-order valence-electron chi connectivity index (χ1n) is 18.2. The van der Waals surface area contributed by atoms with E-state index in [1.807, 2.05) is 12.1 Å². The first-order chi connectivity index (χ1) is 26.8. The van der Waals surface area contributed by atoms with Crippen LogP contribution in [-0.2, 0) is 0 Å². The lowest BCUT2D eigenvalue weighted by atomic mass is 10.00. The molecule has 1 unspecified atom stereocenters. The van der Waals surface area contributed by atoms with Gasteiger partial charge >= 0.3 is 0 Å². The predicted molar refractivity (Wildman–Crippen MR) is 220 cm³/mol. The molecule has 6 heteroatoms. The molecule has 54 heavy (non-hydrogen) atoms. The molecule has 1 aliphatic rings. The van der Waals surface area contributed by atoms with Gasteiger partial charge in [-0.15, -0.1) is 10.2 Å². The van der Waals surface area contributed by atoms with Gasteiger partial charge in [0.2, 0.25) is 0 Å². The summed E-state index contributed by atoms with van der Waals surface area (Å²) in [5, 5.41) is 19.2. The number of para-hydroxylation sites is 2. The van der Waals surface area contributed by atoms with E-state index in [9.17, 15) is 0 Å². The zero-order valence-electron chi connectivity index (χ0n) is 29.3. The molecule has 2 heterocycles. The molecule has 1 aliphatic heterocycles. The van der Waals surface area contributed by atoms with E-state index in [2.05, 4.69) is 197 Å². The number of hydrogen-bond donors (Lipinski definition) is 1. The first-order valence-corrected chi connectivity index (χ1v) is 18.2. The Labute approximate surface area is 313 Å². The maximum Gasteiger partial charge on any atom is 0.169 e. The van der Waals surface area contributed by atoms with Gasteiger partial charge in [-0.05, 0) is 56.9 Å². The van der Waals surface area contributed by atoms with Gasteiger partial charge in [-0.2, -0.15) is 5.10 Å². The van der Waals surface area contributed by atoms with Crippen LogP contribution in [0.4, 0.5) is 5.69 Å². The lowest BCUT2D eigenvalue weighted by Gasteiger charge is -2.28. The molecule has 8 aromatic carbocycles. The summed E-state index contributed by atoms with van der Waals surface area (Å²) in [5.74, 6) is 2.48. The second-order valence-electron chi connectivity index (χ2n) is 13.4. The summed E-state index contributed by atoms with van der Waals surface area (Å²) in [5.41, 5.74) is 12.0. The number of benzene rings is 8. The Morgan fingerprint density at radius 3 is 1.63 bits per heavy atom. The zero-order chi connectivity index (χ0) is 35.8. The van der Waals surface area contributed by atoms with E-state index in [4.69, 9.17) is 15.3 Å². The quantitative estimate of drug-likeness (QED) is 0.180. The number of fused-ring (bicyclic) bond motifs is 2. The molecule has 1 atom stereocenters. The van der Waals surface area contributed by atoms with Gasteiger partial charge in [0.15, 0.2) is 17.5 Å². The topological polar surface area (TPSA) is 58.3 Å². The van der Waals surface area contributed by atoms with Crippen molar-refractivity contribution in [3.63, 3.8) is 0 Å². The fourth-order valence-electron chi connectivity index (χ4n) is 7.63. The molecule has 10 rings (SSSR count). The third kappa shape index (κ3) is 5.49. The summed E-state index contributed by atoms with van der Waals surface area (Å²) in [7, 11) is 0. The molecule has 256 valence electrons. The molecule has 0 spiro atoms. The van der Waals surface area contributed by atoms with Crippen molar-refractivity contribution < 1.29 is 0 Å². The summed E-state index contributed by atoms with van der Waals surface area (Å²) in [6.07, 6.45) is -0.153. The minimum absolute atomic E-state index is 0.153. The standard InChI is InChI=1S/C48H34N6/c1-3-17-39(18-4-1)53-45(49-51-47(53)43-23-11-15-35-13-7-9-21-41(35)43)37-29-25-33(26-30-37)34-27-31-38(32-28-34)46-50-52-48(54(46)40-19-5-2-6-20-40)44-24-12-16-36-14-8-10-22-42(36)44/h1-32,47,51H. The van der Waals surface area contributed by atoms with Crippen molar-refractivity contribution in [2.45, 2.75) is 6.17 Å². The predicted octanol–water partition coefficient (Wildman–Crippen LogP) is 11.0. The minimum atomic E-state index is -0.153. The summed E-state index contributed by atoms with van der Waals surface area (Å²) >= 11 is 0. The van der Waals surface area contributed by atoms with Gasteiger partial charge in [-0.1, -0.05) is 170 Å². The highest BCUT2D eigenvalue weighted by molar-refractivity contribution is 6.12. The SMILES string of the molecule is c1ccc(N2C(c3ccc(-c4ccc(-c5nnc(-c6cccc7ccccc67)n5-c5ccccc5)cc4)cc3)=NNC2c2cccc3ccccc23)cc1.